The zero-order valence-corrected chi connectivity index (χ0v) is 9.84. The molecule has 1 aromatic rings. The van der Waals surface area contributed by atoms with Crippen molar-refractivity contribution in [3.8, 4) is 0 Å². The molecular weight excluding hydrogens is 226 g/mol. The van der Waals surface area contributed by atoms with Crippen LogP contribution in [-0.2, 0) is 4.74 Å². The quantitative estimate of drug-likeness (QED) is 0.541. The maximum atomic E-state index is 12.9. The summed E-state index contributed by atoms with van der Waals surface area (Å²) in [6.07, 6.45) is 3.04. The van der Waals surface area contributed by atoms with Crippen LogP contribution in [0.15, 0.2) is 18.2 Å². The van der Waals surface area contributed by atoms with Crippen molar-refractivity contribution in [1.82, 2.24) is 0 Å². The van der Waals surface area contributed by atoms with Gasteiger partial charge in [0.1, 0.15) is 6.61 Å². The fourth-order valence-electron chi connectivity index (χ4n) is 1.37. The molecule has 2 nitrogen and oxygen atoms in total. The number of hydrogen-bond donors (Lipinski definition) is 0. The number of carbonyl (C=O) groups excluding carboxylic acids is 1. The van der Waals surface area contributed by atoms with E-state index in [0.29, 0.717) is 6.61 Å². The lowest BCUT2D eigenvalue weighted by Crippen LogP contribution is -2.10. The van der Waals surface area contributed by atoms with Crippen molar-refractivity contribution >= 4 is 5.78 Å². The van der Waals surface area contributed by atoms with Crippen molar-refractivity contribution in [1.29, 1.82) is 0 Å². The normalized spacial score (nSPS) is 10.5. The summed E-state index contributed by atoms with van der Waals surface area (Å²) in [6, 6.07) is 3.10. The highest BCUT2D eigenvalue weighted by Crippen LogP contribution is 2.09. The van der Waals surface area contributed by atoms with Crippen LogP contribution in [0.25, 0.3) is 0 Å². The van der Waals surface area contributed by atoms with E-state index in [0.717, 1.165) is 31.4 Å². The lowest BCUT2D eigenvalue weighted by atomic mass is 10.1. The highest BCUT2D eigenvalue weighted by Gasteiger charge is 2.09. The minimum absolute atomic E-state index is 0.0885. The van der Waals surface area contributed by atoms with Gasteiger partial charge in [-0.3, -0.25) is 4.79 Å². The Balaban J connectivity index is 2.39. The molecule has 0 radical (unpaired) electrons. The Bertz CT molecular complexity index is 378. The van der Waals surface area contributed by atoms with Gasteiger partial charge in [-0.2, -0.15) is 0 Å². The number of Topliss-reactive ketones (excluding diaryl/α,β-unsaturated/α-hetero) is 1. The highest BCUT2D eigenvalue weighted by atomic mass is 19.2. The van der Waals surface area contributed by atoms with Crippen LogP contribution >= 0.6 is 0 Å². The number of ketones is 1. The predicted octanol–water partition coefficient (Wildman–Crippen LogP) is 3.35. The van der Waals surface area contributed by atoms with E-state index in [2.05, 4.69) is 6.92 Å². The van der Waals surface area contributed by atoms with E-state index in [1.165, 1.54) is 6.07 Å². The zero-order chi connectivity index (χ0) is 12.7. The minimum atomic E-state index is -1.01. The second-order valence-electron chi connectivity index (χ2n) is 3.81. The van der Waals surface area contributed by atoms with Crippen molar-refractivity contribution < 1.29 is 18.3 Å². The summed E-state index contributed by atoms with van der Waals surface area (Å²) in [6.45, 7) is 2.50. The summed E-state index contributed by atoms with van der Waals surface area (Å²) in [5, 5.41) is 0. The Kier molecular flexibility index (Phi) is 5.77. The Hall–Kier alpha value is -1.29. The number of unbranched alkanes of at least 4 members (excludes halogenated alkanes) is 2. The summed E-state index contributed by atoms with van der Waals surface area (Å²) < 4.78 is 30.7. The first-order valence-corrected chi connectivity index (χ1v) is 5.71. The Morgan fingerprint density at radius 2 is 2.00 bits per heavy atom. The standard InChI is InChI=1S/C13H16F2O2/c1-2-3-4-7-17-9-13(16)10-5-6-11(14)12(15)8-10/h5-6,8H,2-4,7,9H2,1H3. The molecule has 17 heavy (non-hydrogen) atoms. The van der Waals surface area contributed by atoms with Crippen molar-refractivity contribution in [3.05, 3.63) is 35.4 Å². The van der Waals surface area contributed by atoms with Gasteiger partial charge in [-0.25, -0.2) is 8.78 Å². The number of benzene rings is 1. The molecule has 0 bridgehead atoms. The van der Waals surface area contributed by atoms with Crippen LogP contribution < -0.4 is 0 Å². The van der Waals surface area contributed by atoms with Gasteiger partial charge < -0.3 is 4.74 Å². The molecule has 0 saturated carbocycles. The molecule has 0 aliphatic carbocycles. The first-order chi connectivity index (χ1) is 8.15. The van der Waals surface area contributed by atoms with Crippen molar-refractivity contribution in [3.63, 3.8) is 0 Å². The smallest absolute Gasteiger partial charge is 0.188 e. The zero-order valence-electron chi connectivity index (χ0n) is 9.84. The van der Waals surface area contributed by atoms with Crippen molar-refractivity contribution in [2.24, 2.45) is 0 Å². The van der Waals surface area contributed by atoms with Gasteiger partial charge in [0.2, 0.25) is 0 Å². The van der Waals surface area contributed by atoms with Crippen LogP contribution in [0.4, 0.5) is 8.78 Å². The van der Waals surface area contributed by atoms with Crippen LogP contribution in [0.2, 0.25) is 0 Å². The van der Waals surface area contributed by atoms with Gasteiger partial charge >= 0.3 is 0 Å². The van der Waals surface area contributed by atoms with E-state index in [1.54, 1.807) is 0 Å². The Labute approximate surface area is 99.6 Å². The summed E-state index contributed by atoms with van der Waals surface area (Å²) >= 11 is 0. The summed E-state index contributed by atoms with van der Waals surface area (Å²) in [7, 11) is 0. The molecule has 0 unspecified atom stereocenters. The fourth-order valence-corrected chi connectivity index (χ4v) is 1.37. The third-order valence-corrected chi connectivity index (χ3v) is 2.37. The van der Waals surface area contributed by atoms with Gasteiger partial charge in [0.05, 0.1) is 0 Å². The van der Waals surface area contributed by atoms with Gasteiger partial charge in [-0.05, 0) is 24.6 Å². The van der Waals surface area contributed by atoms with Gasteiger partial charge in [0, 0.05) is 12.2 Å². The average Bonchev–Trinajstić information content (AvgIpc) is 2.32. The molecule has 0 atom stereocenters. The van der Waals surface area contributed by atoms with Crippen LogP contribution in [0, 0.1) is 11.6 Å². The lowest BCUT2D eigenvalue weighted by Gasteiger charge is -2.03. The van der Waals surface area contributed by atoms with Crippen molar-refractivity contribution in [2.75, 3.05) is 13.2 Å². The average molecular weight is 242 g/mol. The van der Waals surface area contributed by atoms with Gasteiger partial charge in [-0.1, -0.05) is 19.8 Å². The van der Waals surface area contributed by atoms with E-state index in [1.807, 2.05) is 0 Å². The predicted molar refractivity (Wildman–Crippen MR) is 61.0 cm³/mol. The van der Waals surface area contributed by atoms with Crippen LogP contribution in [0.3, 0.4) is 0 Å². The molecule has 0 N–H and O–H groups in total. The highest BCUT2D eigenvalue weighted by molar-refractivity contribution is 5.97. The van der Waals surface area contributed by atoms with E-state index in [-0.39, 0.29) is 18.0 Å². The summed E-state index contributed by atoms with van der Waals surface area (Å²) in [5.41, 5.74) is 0.138. The molecule has 0 aliphatic heterocycles. The summed E-state index contributed by atoms with van der Waals surface area (Å²) in [4.78, 5) is 11.5. The first-order valence-electron chi connectivity index (χ1n) is 5.71. The van der Waals surface area contributed by atoms with Crippen molar-refractivity contribution in [2.45, 2.75) is 26.2 Å². The number of carbonyl (C=O) groups is 1. The number of halogens is 2. The second kappa shape index (κ2) is 7.12. The van der Waals surface area contributed by atoms with E-state index in [9.17, 15) is 13.6 Å². The molecule has 1 rings (SSSR count). The molecule has 0 heterocycles. The van der Waals surface area contributed by atoms with Gasteiger partial charge in [0.15, 0.2) is 17.4 Å². The third-order valence-electron chi connectivity index (χ3n) is 2.37. The maximum Gasteiger partial charge on any atom is 0.188 e. The number of rotatable bonds is 7. The van der Waals surface area contributed by atoms with Gasteiger partial charge in [-0.15, -0.1) is 0 Å². The SMILES string of the molecule is CCCCCOCC(=O)c1ccc(F)c(F)c1. The second-order valence-corrected chi connectivity index (χ2v) is 3.81. The minimum Gasteiger partial charge on any atom is -0.373 e. The molecule has 0 spiro atoms. The van der Waals surface area contributed by atoms with E-state index < -0.39 is 11.6 Å². The molecule has 0 saturated heterocycles. The third kappa shape index (κ3) is 4.61. The van der Waals surface area contributed by atoms with E-state index >= 15 is 0 Å². The Morgan fingerprint density at radius 1 is 1.24 bits per heavy atom. The largest absolute Gasteiger partial charge is 0.373 e. The molecule has 0 amide bonds. The van der Waals surface area contributed by atoms with Gasteiger partial charge in [0.25, 0.3) is 0 Å². The number of hydrogen-bond acceptors (Lipinski definition) is 2. The van der Waals surface area contributed by atoms with Crippen LogP contribution in [0.5, 0.6) is 0 Å². The first kappa shape index (κ1) is 13.8. The Morgan fingerprint density at radius 3 is 2.65 bits per heavy atom. The molecule has 1 aromatic carbocycles. The van der Waals surface area contributed by atoms with Crippen LogP contribution in [0.1, 0.15) is 36.5 Å². The molecule has 0 aliphatic rings. The lowest BCUT2D eigenvalue weighted by molar-refractivity contribution is 0.0752. The van der Waals surface area contributed by atoms with E-state index in [4.69, 9.17) is 4.74 Å². The summed E-state index contributed by atoms with van der Waals surface area (Å²) in [5.74, 6) is -2.30. The molecule has 0 aromatic heterocycles. The molecule has 4 heteroatoms. The topological polar surface area (TPSA) is 26.3 Å². The molecule has 0 fully saturated rings. The maximum absolute atomic E-state index is 12.9. The van der Waals surface area contributed by atoms with Crippen LogP contribution in [-0.4, -0.2) is 19.0 Å². The molecular formula is C13H16F2O2. The number of ether oxygens (including phenoxy) is 1. The fraction of sp³-hybridized carbons (Fsp3) is 0.462. The monoisotopic (exact) mass is 242 g/mol. The molecule has 94 valence electrons.